The molecule has 3 aromatic heterocycles. The predicted molar refractivity (Wildman–Crippen MR) is 76.2 cm³/mol. The van der Waals surface area contributed by atoms with Gasteiger partial charge in [0.1, 0.15) is 16.4 Å². The third-order valence-electron chi connectivity index (χ3n) is 2.53. The molecule has 1 atom stereocenters. The summed E-state index contributed by atoms with van der Waals surface area (Å²) >= 11 is 7.50. The molecule has 1 unspecified atom stereocenters. The minimum absolute atomic E-state index is 0.124. The van der Waals surface area contributed by atoms with Crippen molar-refractivity contribution in [2.75, 3.05) is 0 Å². The van der Waals surface area contributed by atoms with Gasteiger partial charge in [0.15, 0.2) is 0 Å². The fourth-order valence-electron chi connectivity index (χ4n) is 1.57. The second-order valence-corrected chi connectivity index (χ2v) is 5.41. The number of hydrogen-bond acceptors (Lipinski definition) is 7. The van der Waals surface area contributed by atoms with Gasteiger partial charge in [-0.1, -0.05) is 16.8 Å². The van der Waals surface area contributed by atoms with E-state index in [-0.39, 0.29) is 6.04 Å². The smallest absolute Gasteiger partial charge is 0.277 e. The van der Waals surface area contributed by atoms with Gasteiger partial charge in [0.05, 0.1) is 11.1 Å². The fourth-order valence-corrected chi connectivity index (χ4v) is 2.53. The first-order valence-electron chi connectivity index (χ1n) is 5.81. The number of rotatable bonds is 3. The van der Waals surface area contributed by atoms with Crippen molar-refractivity contribution in [2.45, 2.75) is 13.0 Å². The van der Waals surface area contributed by atoms with Crippen LogP contribution in [-0.2, 0) is 0 Å². The first-order chi connectivity index (χ1) is 9.65. The van der Waals surface area contributed by atoms with E-state index < -0.39 is 0 Å². The molecule has 0 aromatic carbocycles. The van der Waals surface area contributed by atoms with Crippen LogP contribution in [0, 0.1) is 0 Å². The van der Waals surface area contributed by atoms with Gasteiger partial charge < -0.3 is 10.3 Å². The van der Waals surface area contributed by atoms with Gasteiger partial charge in [-0.25, -0.2) is 4.98 Å². The molecule has 102 valence electrons. The Hall–Kier alpha value is -1.83. The lowest BCUT2D eigenvalue weighted by molar-refractivity contribution is 0.431. The van der Waals surface area contributed by atoms with Crippen LogP contribution in [0.25, 0.3) is 23.1 Å². The van der Waals surface area contributed by atoms with Gasteiger partial charge in [-0.05, 0) is 19.1 Å². The molecular formula is C12H10ClN5OS. The Kier molecular flexibility index (Phi) is 3.47. The lowest BCUT2D eigenvalue weighted by Crippen LogP contribution is -2.03. The first-order valence-corrected chi connectivity index (χ1v) is 7.07. The van der Waals surface area contributed by atoms with Gasteiger partial charge in [0, 0.05) is 11.6 Å². The van der Waals surface area contributed by atoms with Crippen LogP contribution in [0.1, 0.15) is 18.0 Å². The molecular weight excluding hydrogens is 298 g/mol. The summed E-state index contributed by atoms with van der Waals surface area (Å²) in [5, 5.41) is 6.99. The second kappa shape index (κ2) is 5.28. The first kappa shape index (κ1) is 13.2. The molecule has 6 nitrogen and oxygen atoms in total. The molecule has 0 saturated carbocycles. The van der Waals surface area contributed by atoms with Crippen LogP contribution >= 0.6 is 22.9 Å². The molecule has 0 saturated heterocycles. The molecule has 0 spiro atoms. The standard InChI is InChI=1S/C12H10ClN5OS/c1-6(14)12-16-8(5-20-12)11-17-10(18-19-11)9-7(13)3-2-4-15-9/h2-6H,14H2,1H3. The third kappa shape index (κ3) is 2.43. The number of thiazole rings is 1. The Balaban J connectivity index is 1.96. The molecule has 0 bridgehead atoms. The molecule has 0 fully saturated rings. The van der Waals surface area contributed by atoms with Gasteiger partial charge in [-0.3, -0.25) is 4.98 Å². The number of halogens is 1. The highest BCUT2D eigenvalue weighted by Crippen LogP contribution is 2.27. The monoisotopic (exact) mass is 307 g/mol. The van der Waals surface area contributed by atoms with E-state index in [0.29, 0.717) is 28.1 Å². The summed E-state index contributed by atoms with van der Waals surface area (Å²) in [5.41, 5.74) is 6.86. The highest BCUT2D eigenvalue weighted by atomic mass is 35.5. The van der Waals surface area contributed by atoms with E-state index in [2.05, 4.69) is 20.1 Å². The number of hydrogen-bond donors (Lipinski definition) is 1. The molecule has 2 N–H and O–H groups in total. The molecule has 0 aliphatic carbocycles. The number of nitrogens with two attached hydrogens (primary N) is 1. The summed E-state index contributed by atoms with van der Waals surface area (Å²) in [6, 6.07) is 3.33. The van der Waals surface area contributed by atoms with E-state index in [9.17, 15) is 0 Å². The Morgan fingerprint density at radius 2 is 2.25 bits per heavy atom. The minimum Gasteiger partial charge on any atom is -0.332 e. The van der Waals surface area contributed by atoms with Gasteiger partial charge in [0.25, 0.3) is 5.89 Å². The molecule has 0 aliphatic heterocycles. The van der Waals surface area contributed by atoms with Crippen molar-refractivity contribution in [3.8, 4) is 23.1 Å². The summed E-state index contributed by atoms with van der Waals surface area (Å²) in [5.74, 6) is 0.658. The SMILES string of the molecule is CC(N)c1nc(-c2nc(-c3ncccc3Cl)no2)cs1. The van der Waals surface area contributed by atoms with E-state index in [1.165, 1.54) is 11.3 Å². The van der Waals surface area contributed by atoms with Crippen molar-refractivity contribution in [3.05, 3.63) is 33.7 Å². The molecule has 0 radical (unpaired) electrons. The Bertz CT molecular complexity index is 739. The molecule has 20 heavy (non-hydrogen) atoms. The lowest BCUT2D eigenvalue weighted by atomic mass is 10.3. The van der Waals surface area contributed by atoms with E-state index in [1.54, 1.807) is 18.3 Å². The van der Waals surface area contributed by atoms with Crippen LogP contribution in [-0.4, -0.2) is 20.1 Å². The van der Waals surface area contributed by atoms with Crippen LogP contribution in [0.4, 0.5) is 0 Å². The average molecular weight is 308 g/mol. The van der Waals surface area contributed by atoms with E-state index in [0.717, 1.165) is 5.01 Å². The Labute approximate surface area is 123 Å². The lowest BCUT2D eigenvalue weighted by Gasteiger charge is -1.96. The zero-order valence-electron chi connectivity index (χ0n) is 10.4. The van der Waals surface area contributed by atoms with E-state index in [1.807, 2.05) is 12.3 Å². The predicted octanol–water partition coefficient (Wildman–Crippen LogP) is 2.93. The molecule has 3 aromatic rings. The molecule has 0 aliphatic rings. The maximum absolute atomic E-state index is 6.05. The molecule has 3 heterocycles. The zero-order valence-corrected chi connectivity index (χ0v) is 12.0. The number of aromatic nitrogens is 4. The summed E-state index contributed by atoms with van der Waals surface area (Å²) in [6.07, 6.45) is 1.62. The van der Waals surface area contributed by atoms with Gasteiger partial charge in [-0.15, -0.1) is 11.3 Å². The zero-order chi connectivity index (χ0) is 14.1. The van der Waals surface area contributed by atoms with Crippen LogP contribution < -0.4 is 5.73 Å². The minimum atomic E-state index is -0.124. The van der Waals surface area contributed by atoms with Crippen molar-refractivity contribution in [1.82, 2.24) is 20.1 Å². The van der Waals surface area contributed by atoms with Crippen LogP contribution in [0.2, 0.25) is 5.02 Å². The third-order valence-corrected chi connectivity index (χ3v) is 3.88. The quantitative estimate of drug-likeness (QED) is 0.800. The largest absolute Gasteiger partial charge is 0.332 e. The highest BCUT2D eigenvalue weighted by molar-refractivity contribution is 7.10. The van der Waals surface area contributed by atoms with E-state index >= 15 is 0 Å². The fraction of sp³-hybridized carbons (Fsp3) is 0.167. The van der Waals surface area contributed by atoms with Crippen molar-refractivity contribution < 1.29 is 4.52 Å². The Morgan fingerprint density at radius 3 is 2.95 bits per heavy atom. The number of nitrogens with zero attached hydrogens (tertiary/aromatic N) is 4. The summed E-state index contributed by atoms with van der Waals surface area (Å²) < 4.78 is 5.20. The van der Waals surface area contributed by atoms with Crippen molar-refractivity contribution in [3.63, 3.8) is 0 Å². The second-order valence-electron chi connectivity index (χ2n) is 4.12. The normalized spacial score (nSPS) is 12.6. The summed E-state index contributed by atoms with van der Waals surface area (Å²) in [4.78, 5) is 12.8. The molecule has 0 amide bonds. The van der Waals surface area contributed by atoms with Crippen molar-refractivity contribution in [2.24, 2.45) is 5.73 Å². The van der Waals surface area contributed by atoms with Gasteiger partial charge >= 0.3 is 0 Å². The summed E-state index contributed by atoms with van der Waals surface area (Å²) in [6.45, 7) is 1.87. The number of pyridine rings is 1. The maximum atomic E-state index is 6.05. The Morgan fingerprint density at radius 1 is 1.40 bits per heavy atom. The van der Waals surface area contributed by atoms with Crippen LogP contribution in [0.5, 0.6) is 0 Å². The van der Waals surface area contributed by atoms with Gasteiger partial charge in [0.2, 0.25) is 5.82 Å². The molecule has 8 heteroatoms. The topological polar surface area (TPSA) is 90.7 Å². The maximum Gasteiger partial charge on any atom is 0.277 e. The van der Waals surface area contributed by atoms with E-state index in [4.69, 9.17) is 21.9 Å². The summed E-state index contributed by atoms with van der Waals surface area (Å²) in [7, 11) is 0. The highest BCUT2D eigenvalue weighted by Gasteiger charge is 2.17. The van der Waals surface area contributed by atoms with Crippen LogP contribution in [0.15, 0.2) is 28.2 Å². The van der Waals surface area contributed by atoms with Crippen LogP contribution in [0.3, 0.4) is 0 Å². The average Bonchev–Trinajstić information content (AvgIpc) is 3.08. The van der Waals surface area contributed by atoms with Crippen molar-refractivity contribution in [1.29, 1.82) is 0 Å². The van der Waals surface area contributed by atoms with Crippen molar-refractivity contribution >= 4 is 22.9 Å². The molecule has 3 rings (SSSR count). The van der Waals surface area contributed by atoms with Gasteiger partial charge in [-0.2, -0.15) is 4.98 Å².